The first kappa shape index (κ1) is 11.9. The lowest BCUT2D eigenvalue weighted by Gasteiger charge is -2.07. The Hall–Kier alpha value is -0.210. The van der Waals surface area contributed by atoms with Gasteiger partial charge in [0.1, 0.15) is 0 Å². The van der Waals surface area contributed by atoms with Gasteiger partial charge in [0.05, 0.1) is 0 Å². The van der Waals surface area contributed by atoms with Crippen LogP contribution in [0.3, 0.4) is 0 Å². The molecule has 0 saturated heterocycles. The summed E-state index contributed by atoms with van der Waals surface area (Å²) in [5.41, 5.74) is 1.13. The van der Waals surface area contributed by atoms with Crippen molar-refractivity contribution in [3.63, 3.8) is 0 Å². The summed E-state index contributed by atoms with van der Waals surface area (Å²) >= 11 is 5.80. The number of hydrogen-bond donors (Lipinski definition) is 1. The maximum atomic E-state index is 5.17. The minimum Gasteiger partial charge on any atom is -0.384 e. The van der Waals surface area contributed by atoms with Crippen LogP contribution in [0.2, 0.25) is 0 Å². The molecule has 14 heavy (non-hydrogen) atoms. The van der Waals surface area contributed by atoms with E-state index in [2.05, 4.69) is 68.0 Å². The van der Waals surface area contributed by atoms with Crippen LogP contribution in [0.1, 0.15) is 12.8 Å². The van der Waals surface area contributed by atoms with Gasteiger partial charge in [-0.05, 0) is 63.1 Å². The first-order valence-corrected chi connectivity index (χ1v) is 6.23. The van der Waals surface area contributed by atoms with Crippen molar-refractivity contribution in [3.8, 4) is 12.3 Å². The van der Waals surface area contributed by atoms with Crippen LogP contribution in [0.5, 0.6) is 0 Å². The van der Waals surface area contributed by atoms with Gasteiger partial charge in [0.15, 0.2) is 0 Å². The van der Waals surface area contributed by atoms with Crippen LogP contribution in [0.15, 0.2) is 22.7 Å². The summed E-state index contributed by atoms with van der Waals surface area (Å²) in [4.78, 5) is 0. The van der Waals surface area contributed by atoms with Crippen LogP contribution in [0, 0.1) is 15.9 Å². The van der Waals surface area contributed by atoms with E-state index in [1.165, 1.54) is 3.57 Å². The number of rotatable bonds is 4. The number of anilines is 1. The molecule has 0 fully saturated rings. The SMILES string of the molecule is C#CCCCNc1ccc(I)cc1Br. The third-order valence-electron chi connectivity index (χ3n) is 1.74. The number of hydrogen-bond acceptors (Lipinski definition) is 1. The lowest BCUT2D eigenvalue weighted by Crippen LogP contribution is -2.01. The Labute approximate surface area is 107 Å². The number of halogens is 2. The molecule has 0 unspecified atom stereocenters. The van der Waals surface area contributed by atoms with E-state index < -0.39 is 0 Å². The molecular weight excluding hydrogens is 353 g/mol. The summed E-state index contributed by atoms with van der Waals surface area (Å²) in [6, 6.07) is 6.24. The average molecular weight is 364 g/mol. The largest absolute Gasteiger partial charge is 0.384 e. The molecule has 3 heteroatoms. The van der Waals surface area contributed by atoms with Crippen LogP contribution in [0.25, 0.3) is 0 Å². The molecule has 0 spiro atoms. The van der Waals surface area contributed by atoms with Crippen LogP contribution < -0.4 is 5.32 Å². The third-order valence-corrected chi connectivity index (χ3v) is 3.07. The van der Waals surface area contributed by atoms with E-state index in [0.29, 0.717) is 0 Å². The highest BCUT2D eigenvalue weighted by Gasteiger charge is 1.98. The highest BCUT2D eigenvalue weighted by Crippen LogP contribution is 2.24. The fourth-order valence-electron chi connectivity index (χ4n) is 1.05. The average Bonchev–Trinajstić information content (AvgIpc) is 2.15. The van der Waals surface area contributed by atoms with Crippen molar-refractivity contribution in [1.29, 1.82) is 0 Å². The van der Waals surface area contributed by atoms with Gasteiger partial charge in [-0.1, -0.05) is 0 Å². The summed E-state index contributed by atoms with van der Waals surface area (Å²) in [5.74, 6) is 2.62. The Morgan fingerprint density at radius 2 is 2.29 bits per heavy atom. The summed E-state index contributed by atoms with van der Waals surface area (Å²) in [5, 5.41) is 3.33. The molecule has 0 atom stereocenters. The van der Waals surface area contributed by atoms with E-state index in [0.717, 1.165) is 29.5 Å². The zero-order valence-electron chi connectivity index (χ0n) is 7.69. The van der Waals surface area contributed by atoms with Crippen molar-refractivity contribution in [2.45, 2.75) is 12.8 Å². The van der Waals surface area contributed by atoms with E-state index in [4.69, 9.17) is 6.42 Å². The Morgan fingerprint density at radius 1 is 1.50 bits per heavy atom. The Morgan fingerprint density at radius 3 is 2.93 bits per heavy atom. The quantitative estimate of drug-likeness (QED) is 0.486. The maximum Gasteiger partial charge on any atom is 0.0485 e. The lowest BCUT2D eigenvalue weighted by atomic mass is 10.3. The molecular formula is C11H11BrIN. The molecule has 0 aliphatic carbocycles. The molecule has 1 rings (SSSR count). The molecule has 0 amide bonds. The van der Waals surface area contributed by atoms with E-state index in [-0.39, 0.29) is 0 Å². The molecule has 0 bridgehead atoms. The van der Waals surface area contributed by atoms with E-state index in [9.17, 15) is 0 Å². The summed E-state index contributed by atoms with van der Waals surface area (Å²) in [6.07, 6.45) is 7.01. The molecule has 1 N–H and O–H groups in total. The van der Waals surface area contributed by atoms with Crippen molar-refractivity contribution in [2.24, 2.45) is 0 Å². The molecule has 1 aromatic carbocycles. The van der Waals surface area contributed by atoms with Gasteiger partial charge in [0, 0.05) is 26.7 Å². The fraction of sp³-hybridized carbons (Fsp3) is 0.273. The second kappa shape index (κ2) is 6.31. The predicted molar refractivity (Wildman–Crippen MR) is 73.4 cm³/mol. The van der Waals surface area contributed by atoms with Crippen LogP contribution in [-0.4, -0.2) is 6.54 Å². The van der Waals surface area contributed by atoms with Crippen molar-refractivity contribution < 1.29 is 0 Å². The van der Waals surface area contributed by atoms with Gasteiger partial charge in [-0.15, -0.1) is 12.3 Å². The van der Waals surface area contributed by atoms with Gasteiger partial charge in [-0.25, -0.2) is 0 Å². The van der Waals surface area contributed by atoms with Gasteiger partial charge in [-0.2, -0.15) is 0 Å². The monoisotopic (exact) mass is 363 g/mol. The molecule has 0 aliphatic rings. The van der Waals surface area contributed by atoms with Crippen LogP contribution >= 0.6 is 38.5 Å². The first-order chi connectivity index (χ1) is 6.74. The van der Waals surface area contributed by atoms with Crippen LogP contribution in [0.4, 0.5) is 5.69 Å². The summed E-state index contributed by atoms with van der Waals surface area (Å²) < 4.78 is 2.33. The van der Waals surface area contributed by atoms with Crippen molar-refractivity contribution in [1.82, 2.24) is 0 Å². The number of benzene rings is 1. The molecule has 1 aromatic rings. The van der Waals surface area contributed by atoms with Gasteiger partial charge < -0.3 is 5.32 Å². The smallest absolute Gasteiger partial charge is 0.0485 e. The number of terminal acetylenes is 1. The minimum atomic E-state index is 0.828. The molecule has 0 heterocycles. The fourth-order valence-corrected chi connectivity index (χ4v) is 2.48. The van der Waals surface area contributed by atoms with Gasteiger partial charge in [0.2, 0.25) is 0 Å². The van der Waals surface area contributed by atoms with Crippen molar-refractivity contribution in [2.75, 3.05) is 11.9 Å². The predicted octanol–water partition coefficient (Wildman–Crippen LogP) is 3.88. The van der Waals surface area contributed by atoms with E-state index in [1.807, 2.05) is 0 Å². The zero-order valence-corrected chi connectivity index (χ0v) is 11.4. The Kier molecular flexibility index (Phi) is 5.34. The molecule has 0 saturated carbocycles. The molecule has 0 aliphatic heterocycles. The topological polar surface area (TPSA) is 12.0 Å². The second-order valence-electron chi connectivity index (χ2n) is 2.86. The normalized spacial score (nSPS) is 9.50. The van der Waals surface area contributed by atoms with Crippen LogP contribution in [-0.2, 0) is 0 Å². The molecule has 0 aromatic heterocycles. The van der Waals surface area contributed by atoms with Crippen molar-refractivity contribution >= 4 is 44.2 Å². The molecule has 1 nitrogen and oxygen atoms in total. The third kappa shape index (κ3) is 3.89. The van der Waals surface area contributed by atoms with Gasteiger partial charge in [-0.3, -0.25) is 0 Å². The standard InChI is InChI=1S/C11H11BrIN/c1-2-3-4-7-14-11-6-5-9(13)8-10(11)12/h1,5-6,8,14H,3-4,7H2. The second-order valence-corrected chi connectivity index (χ2v) is 4.96. The summed E-state index contributed by atoms with van der Waals surface area (Å²) in [6.45, 7) is 0.920. The molecule has 74 valence electrons. The number of unbranched alkanes of at least 4 members (excludes halogenated alkanes) is 1. The van der Waals surface area contributed by atoms with E-state index in [1.54, 1.807) is 0 Å². The minimum absolute atomic E-state index is 0.828. The summed E-state index contributed by atoms with van der Waals surface area (Å²) in [7, 11) is 0. The highest BCUT2D eigenvalue weighted by molar-refractivity contribution is 14.1. The maximum absolute atomic E-state index is 5.17. The zero-order chi connectivity index (χ0) is 10.4. The Balaban J connectivity index is 2.47. The van der Waals surface area contributed by atoms with Crippen molar-refractivity contribution in [3.05, 3.63) is 26.2 Å². The number of nitrogens with one attached hydrogen (secondary N) is 1. The van der Waals surface area contributed by atoms with Gasteiger partial charge in [0.25, 0.3) is 0 Å². The first-order valence-electron chi connectivity index (χ1n) is 4.36. The van der Waals surface area contributed by atoms with Gasteiger partial charge >= 0.3 is 0 Å². The highest BCUT2D eigenvalue weighted by atomic mass is 127. The Bertz CT molecular complexity index is 344. The van der Waals surface area contributed by atoms with E-state index >= 15 is 0 Å². The lowest BCUT2D eigenvalue weighted by molar-refractivity contribution is 0.906. The molecule has 0 radical (unpaired) electrons.